The molecule has 1 amide bonds. The van der Waals surface area contributed by atoms with E-state index in [2.05, 4.69) is 14.9 Å². The fourth-order valence-electron chi connectivity index (χ4n) is 4.10. The van der Waals surface area contributed by atoms with Crippen LogP contribution < -0.4 is 10.0 Å². The van der Waals surface area contributed by atoms with E-state index in [1.807, 2.05) is 14.1 Å². The summed E-state index contributed by atoms with van der Waals surface area (Å²) >= 11 is 6.14. The predicted octanol–water partition coefficient (Wildman–Crippen LogP) is 2.40. The van der Waals surface area contributed by atoms with E-state index < -0.39 is 10.0 Å². The van der Waals surface area contributed by atoms with E-state index in [4.69, 9.17) is 16.3 Å². The topological polar surface area (TPSA) is 87.7 Å². The second-order valence-electron chi connectivity index (χ2n) is 8.14. The Morgan fingerprint density at radius 2 is 2.00 bits per heavy atom. The quantitative estimate of drug-likeness (QED) is 0.644. The molecule has 1 aromatic carbocycles. The average Bonchev–Trinajstić information content (AvgIpc) is 3.37. The number of nitrogens with zero attached hydrogens (tertiary/aromatic N) is 1. The Kier molecular flexibility index (Phi) is 7.22. The number of halogens is 1. The van der Waals surface area contributed by atoms with Crippen molar-refractivity contribution < 1.29 is 17.9 Å². The molecule has 0 bridgehead atoms. The van der Waals surface area contributed by atoms with Crippen molar-refractivity contribution in [3.05, 3.63) is 28.8 Å². The minimum absolute atomic E-state index is 0.0418. The molecule has 0 spiro atoms. The van der Waals surface area contributed by atoms with E-state index in [1.165, 1.54) is 12.1 Å². The monoisotopic (exact) mass is 443 g/mol. The molecule has 2 N–H and O–H groups in total. The first-order chi connectivity index (χ1) is 13.7. The van der Waals surface area contributed by atoms with Crippen LogP contribution in [0.25, 0.3) is 0 Å². The average molecular weight is 444 g/mol. The zero-order chi connectivity index (χ0) is 21.1. The number of hydrogen-bond donors (Lipinski definition) is 2. The van der Waals surface area contributed by atoms with E-state index >= 15 is 0 Å². The van der Waals surface area contributed by atoms with Crippen LogP contribution in [0.3, 0.4) is 0 Å². The maximum atomic E-state index is 12.7. The van der Waals surface area contributed by atoms with Crippen LogP contribution in [-0.2, 0) is 14.8 Å². The summed E-state index contributed by atoms with van der Waals surface area (Å²) in [4.78, 5) is 14.8. The highest BCUT2D eigenvalue weighted by atomic mass is 35.5. The molecule has 1 aliphatic carbocycles. The molecular formula is C20H30ClN3O4S. The van der Waals surface area contributed by atoms with Gasteiger partial charge in [0.25, 0.3) is 5.91 Å². The first kappa shape index (κ1) is 22.5. The van der Waals surface area contributed by atoms with Crippen LogP contribution >= 0.6 is 11.6 Å². The van der Waals surface area contributed by atoms with Gasteiger partial charge in [-0.1, -0.05) is 24.4 Å². The normalized spacial score (nSPS) is 21.6. The Morgan fingerprint density at radius 3 is 2.62 bits per heavy atom. The smallest absolute Gasteiger partial charge is 0.251 e. The summed E-state index contributed by atoms with van der Waals surface area (Å²) in [7, 11) is 0.223. The summed E-state index contributed by atoms with van der Waals surface area (Å²) < 4.78 is 33.4. The summed E-state index contributed by atoms with van der Waals surface area (Å²) in [5, 5.41) is 3.06. The van der Waals surface area contributed by atoms with Crippen molar-refractivity contribution in [2.75, 3.05) is 33.8 Å². The molecule has 1 aliphatic heterocycles. The summed E-state index contributed by atoms with van der Waals surface area (Å²) in [5.74, 6) is -0.301. The number of sulfonamides is 1. The second-order valence-corrected chi connectivity index (χ2v) is 10.3. The highest BCUT2D eigenvalue weighted by Crippen LogP contribution is 2.33. The van der Waals surface area contributed by atoms with Crippen LogP contribution in [0.2, 0.25) is 5.02 Å². The summed E-state index contributed by atoms with van der Waals surface area (Å²) in [6.07, 6.45) is 6.00. The van der Waals surface area contributed by atoms with Crippen LogP contribution in [0.15, 0.2) is 23.1 Å². The molecule has 3 rings (SSSR count). The van der Waals surface area contributed by atoms with Crippen molar-refractivity contribution in [1.82, 2.24) is 14.9 Å². The van der Waals surface area contributed by atoms with Gasteiger partial charge in [0.1, 0.15) is 4.90 Å². The molecule has 2 aliphatic rings. The zero-order valence-corrected chi connectivity index (χ0v) is 18.6. The van der Waals surface area contributed by atoms with Gasteiger partial charge in [-0.2, -0.15) is 0 Å². The molecule has 9 heteroatoms. The van der Waals surface area contributed by atoms with Crippen molar-refractivity contribution in [3.8, 4) is 0 Å². The Labute approximate surface area is 178 Å². The van der Waals surface area contributed by atoms with Crippen LogP contribution in [0.1, 0.15) is 48.9 Å². The van der Waals surface area contributed by atoms with Gasteiger partial charge in [0.05, 0.1) is 11.1 Å². The highest BCUT2D eigenvalue weighted by Gasteiger charge is 2.36. The first-order valence-electron chi connectivity index (χ1n) is 10.1. The lowest BCUT2D eigenvalue weighted by Gasteiger charge is -2.36. The lowest BCUT2D eigenvalue weighted by molar-refractivity contribution is 0.0899. The Morgan fingerprint density at radius 1 is 1.28 bits per heavy atom. The Balaban J connectivity index is 1.69. The van der Waals surface area contributed by atoms with Crippen molar-refractivity contribution >= 4 is 27.5 Å². The molecule has 1 unspecified atom stereocenters. The molecule has 162 valence electrons. The molecule has 1 atom stereocenters. The third kappa shape index (κ3) is 5.30. The number of carbonyl (C=O) groups excluding carboxylic acids is 1. The van der Waals surface area contributed by atoms with Crippen LogP contribution in [0.5, 0.6) is 0 Å². The molecule has 1 saturated heterocycles. The second kappa shape index (κ2) is 9.31. The van der Waals surface area contributed by atoms with E-state index in [9.17, 15) is 13.2 Å². The van der Waals surface area contributed by atoms with Gasteiger partial charge < -0.3 is 15.0 Å². The van der Waals surface area contributed by atoms with Gasteiger partial charge in [-0.3, -0.25) is 4.79 Å². The van der Waals surface area contributed by atoms with E-state index in [1.54, 1.807) is 6.07 Å². The van der Waals surface area contributed by atoms with Gasteiger partial charge in [-0.05, 0) is 58.0 Å². The summed E-state index contributed by atoms with van der Waals surface area (Å²) in [5.41, 5.74) is 0.235. The van der Waals surface area contributed by atoms with E-state index in [0.717, 1.165) is 38.5 Å². The molecule has 1 aromatic rings. The molecule has 7 nitrogen and oxygen atoms in total. The highest BCUT2D eigenvalue weighted by molar-refractivity contribution is 7.89. The SMILES string of the molecule is CN(C)C1(CNC(=O)c2ccc(Cl)c(S(=O)(=O)NCC3CCCO3)c2)CCCC1. The van der Waals surface area contributed by atoms with E-state index in [0.29, 0.717) is 13.2 Å². The van der Waals surface area contributed by atoms with Crippen LogP contribution in [0.4, 0.5) is 0 Å². The third-order valence-electron chi connectivity index (χ3n) is 6.07. The fourth-order valence-corrected chi connectivity index (χ4v) is 5.69. The van der Waals surface area contributed by atoms with Gasteiger partial charge in [-0.25, -0.2) is 13.1 Å². The third-order valence-corrected chi connectivity index (χ3v) is 7.97. The minimum atomic E-state index is -3.84. The molecule has 0 aromatic heterocycles. The number of carbonyl (C=O) groups is 1. The molecular weight excluding hydrogens is 414 g/mol. The summed E-state index contributed by atoms with van der Waals surface area (Å²) in [6, 6.07) is 4.34. The van der Waals surface area contributed by atoms with Crippen molar-refractivity contribution in [2.45, 2.75) is 55.1 Å². The van der Waals surface area contributed by atoms with Crippen LogP contribution in [0, 0.1) is 0 Å². The van der Waals surface area contributed by atoms with Crippen molar-refractivity contribution in [3.63, 3.8) is 0 Å². The van der Waals surface area contributed by atoms with Gasteiger partial charge in [-0.15, -0.1) is 0 Å². The molecule has 1 saturated carbocycles. The largest absolute Gasteiger partial charge is 0.377 e. The standard InChI is InChI=1S/C20H30ClN3O4S/c1-24(2)20(9-3-4-10-20)14-22-19(25)15-7-8-17(21)18(12-15)29(26,27)23-13-16-6-5-11-28-16/h7-8,12,16,23H,3-6,9-11,13-14H2,1-2H3,(H,22,25). The zero-order valence-electron chi connectivity index (χ0n) is 17.0. The maximum Gasteiger partial charge on any atom is 0.251 e. The Hall–Kier alpha value is -1.19. The number of amides is 1. The first-order valence-corrected chi connectivity index (χ1v) is 12.0. The van der Waals surface area contributed by atoms with Gasteiger partial charge in [0.15, 0.2) is 0 Å². The van der Waals surface area contributed by atoms with Crippen molar-refractivity contribution in [2.24, 2.45) is 0 Å². The fraction of sp³-hybridized carbons (Fsp3) is 0.650. The van der Waals surface area contributed by atoms with Gasteiger partial charge in [0.2, 0.25) is 10.0 Å². The lowest BCUT2D eigenvalue weighted by Crippen LogP contribution is -2.50. The molecule has 29 heavy (non-hydrogen) atoms. The van der Waals surface area contributed by atoms with Gasteiger partial charge >= 0.3 is 0 Å². The number of nitrogens with one attached hydrogen (secondary N) is 2. The van der Waals surface area contributed by atoms with E-state index in [-0.39, 0.29) is 39.6 Å². The molecule has 0 radical (unpaired) electrons. The predicted molar refractivity (Wildman–Crippen MR) is 113 cm³/mol. The van der Waals surface area contributed by atoms with Crippen LogP contribution in [-0.4, -0.2) is 64.7 Å². The van der Waals surface area contributed by atoms with Crippen molar-refractivity contribution in [1.29, 1.82) is 0 Å². The number of likely N-dealkylation sites (N-methyl/N-ethyl adjacent to an activating group) is 1. The number of rotatable bonds is 8. The summed E-state index contributed by atoms with van der Waals surface area (Å²) in [6.45, 7) is 1.37. The van der Waals surface area contributed by atoms with Gasteiger partial charge in [0, 0.05) is 30.8 Å². The maximum absolute atomic E-state index is 12.7. The Bertz CT molecular complexity index is 832. The minimum Gasteiger partial charge on any atom is -0.377 e. The number of benzene rings is 1. The molecule has 1 heterocycles. The molecule has 2 fully saturated rings. The number of ether oxygens (including phenoxy) is 1. The number of hydrogen-bond acceptors (Lipinski definition) is 5. The lowest BCUT2D eigenvalue weighted by atomic mass is 9.96.